The molecule has 7 heteroatoms. The predicted octanol–water partition coefficient (Wildman–Crippen LogP) is 3.01. The van der Waals surface area contributed by atoms with Crippen molar-refractivity contribution >= 4 is 17.2 Å². The molecule has 3 rings (SSSR count). The number of methoxy groups -OCH3 is 1. The lowest BCUT2D eigenvalue weighted by molar-refractivity contribution is 0.0948. The van der Waals surface area contributed by atoms with Crippen LogP contribution in [0.1, 0.15) is 22.4 Å². The number of hydrogen-bond donors (Lipinski definition) is 1. The molecule has 0 unspecified atom stereocenters. The second-order valence-corrected chi connectivity index (χ2v) is 6.36. The van der Waals surface area contributed by atoms with E-state index in [-0.39, 0.29) is 5.91 Å². The topological polar surface area (TPSA) is 69.0 Å². The van der Waals surface area contributed by atoms with Gasteiger partial charge in [-0.15, -0.1) is 11.3 Å². The first-order valence-corrected chi connectivity index (χ1v) is 8.98. The van der Waals surface area contributed by atoms with Gasteiger partial charge in [0.2, 0.25) is 0 Å². The zero-order valence-corrected chi connectivity index (χ0v) is 15.0. The van der Waals surface area contributed by atoms with E-state index in [2.05, 4.69) is 15.4 Å². The molecule has 1 amide bonds. The van der Waals surface area contributed by atoms with Crippen molar-refractivity contribution < 1.29 is 9.53 Å². The van der Waals surface area contributed by atoms with Crippen LogP contribution in [0.4, 0.5) is 0 Å². The van der Waals surface area contributed by atoms with Gasteiger partial charge in [0.25, 0.3) is 5.91 Å². The summed E-state index contributed by atoms with van der Waals surface area (Å²) >= 11 is 1.60. The van der Waals surface area contributed by atoms with E-state index in [0.29, 0.717) is 18.7 Å². The number of nitrogens with zero attached hydrogens (tertiary/aromatic N) is 3. The van der Waals surface area contributed by atoms with Crippen molar-refractivity contribution in [3.63, 3.8) is 0 Å². The zero-order chi connectivity index (χ0) is 17.6. The molecule has 0 atom stereocenters. The molecule has 0 fully saturated rings. The van der Waals surface area contributed by atoms with Gasteiger partial charge in [-0.1, -0.05) is 0 Å². The standard InChI is InChI=1S/C18H20N4O2S/c1-3-22-11-9-15(21-22)18(23)19-10-8-17-20-16(12-25-17)13-4-6-14(24-2)7-5-13/h4-7,9,11-12H,3,8,10H2,1-2H3,(H,19,23). The van der Waals surface area contributed by atoms with Crippen molar-refractivity contribution in [1.29, 1.82) is 0 Å². The normalized spacial score (nSPS) is 10.6. The molecule has 1 aromatic carbocycles. The van der Waals surface area contributed by atoms with Gasteiger partial charge in [0, 0.05) is 36.7 Å². The minimum atomic E-state index is -0.154. The summed E-state index contributed by atoms with van der Waals surface area (Å²) in [5.74, 6) is 0.673. The van der Waals surface area contributed by atoms with Gasteiger partial charge in [0.1, 0.15) is 11.4 Å². The highest BCUT2D eigenvalue weighted by Crippen LogP contribution is 2.24. The summed E-state index contributed by atoms with van der Waals surface area (Å²) in [4.78, 5) is 16.7. The minimum Gasteiger partial charge on any atom is -0.497 e. The fourth-order valence-corrected chi connectivity index (χ4v) is 3.16. The number of nitrogens with one attached hydrogen (secondary N) is 1. The average Bonchev–Trinajstić information content (AvgIpc) is 3.31. The Balaban J connectivity index is 1.53. The summed E-state index contributed by atoms with van der Waals surface area (Å²) in [7, 11) is 1.65. The first-order valence-electron chi connectivity index (χ1n) is 8.10. The smallest absolute Gasteiger partial charge is 0.271 e. The third-order valence-corrected chi connectivity index (χ3v) is 4.67. The van der Waals surface area contributed by atoms with Crippen LogP contribution in [0.3, 0.4) is 0 Å². The lowest BCUT2D eigenvalue weighted by Crippen LogP contribution is -2.26. The van der Waals surface area contributed by atoms with E-state index in [1.807, 2.05) is 36.6 Å². The number of hydrogen-bond acceptors (Lipinski definition) is 5. The number of ether oxygens (including phenoxy) is 1. The number of carbonyl (C=O) groups excluding carboxylic acids is 1. The van der Waals surface area contributed by atoms with Gasteiger partial charge in [-0.3, -0.25) is 9.48 Å². The molecule has 25 heavy (non-hydrogen) atoms. The summed E-state index contributed by atoms with van der Waals surface area (Å²) in [5, 5.41) is 10.1. The highest BCUT2D eigenvalue weighted by atomic mass is 32.1. The van der Waals surface area contributed by atoms with Gasteiger partial charge in [-0.2, -0.15) is 5.10 Å². The van der Waals surface area contributed by atoms with E-state index in [1.54, 1.807) is 35.4 Å². The van der Waals surface area contributed by atoms with Gasteiger partial charge in [0.15, 0.2) is 0 Å². The van der Waals surface area contributed by atoms with Crippen molar-refractivity contribution in [3.05, 3.63) is 52.6 Å². The van der Waals surface area contributed by atoms with Crippen LogP contribution in [0, 0.1) is 0 Å². The SMILES string of the molecule is CCn1ccc(C(=O)NCCc2nc(-c3ccc(OC)cc3)cs2)n1. The highest BCUT2D eigenvalue weighted by Gasteiger charge is 2.09. The Hall–Kier alpha value is -2.67. The van der Waals surface area contributed by atoms with Crippen LogP contribution in [-0.2, 0) is 13.0 Å². The van der Waals surface area contributed by atoms with Crippen LogP contribution in [0.5, 0.6) is 5.75 Å². The molecule has 0 aliphatic heterocycles. The van der Waals surface area contributed by atoms with Gasteiger partial charge < -0.3 is 10.1 Å². The fourth-order valence-electron chi connectivity index (χ4n) is 2.35. The second kappa shape index (κ2) is 7.94. The predicted molar refractivity (Wildman–Crippen MR) is 98.0 cm³/mol. The molecule has 0 bridgehead atoms. The van der Waals surface area contributed by atoms with E-state index in [0.717, 1.165) is 28.6 Å². The van der Waals surface area contributed by atoms with Gasteiger partial charge in [0.05, 0.1) is 17.8 Å². The van der Waals surface area contributed by atoms with Gasteiger partial charge in [-0.25, -0.2) is 4.98 Å². The van der Waals surface area contributed by atoms with Crippen LogP contribution in [0.25, 0.3) is 11.3 Å². The molecule has 6 nitrogen and oxygen atoms in total. The number of thiazole rings is 1. The first kappa shape index (κ1) is 17.2. The largest absolute Gasteiger partial charge is 0.497 e. The second-order valence-electron chi connectivity index (χ2n) is 5.42. The van der Waals surface area contributed by atoms with Crippen LogP contribution in [0.2, 0.25) is 0 Å². The molecule has 0 radical (unpaired) electrons. The van der Waals surface area contributed by atoms with Crippen LogP contribution >= 0.6 is 11.3 Å². The third-order valence-electron chi connectivity index (χ3n) is 3.76. The molecular formula is C18H20N4O2S. The number of aryl methyl sites for hydroxylation is 1. The summed E-state index contributed by atoms with van der Waals surface area (Å²) in [6.45, 7) is 3.27. The molecule has 0 aliphatic rings. The Kier molecular flexibility index (Phi) is 5.45. The van der Waals surface area contributed by atoms with Crippen molar-refractivity contribution in [2.75, 3.05) is 13.7 Å². The maximum Gasteiger partial charge on any atom is 0.271 e. The van der Waals surface area contributed by atoms with E-state index in [4.69, 9.17) is 4.74 Å². The molecule has 0 aliphatic carbocycles. The number of carbonyl (C=O) groups is 1. The molecule has 0 saturated heterocycles. The quantitative estimate of drug-likeness (QED) is 0.706. The van der Waals surface area contributed by atoms with Crippen molar-refractivity contribution in [1.82, 2.24) is 20.1 Å². The Morgan fingerprint density at radius 3 is 2.76 bits per heavy atom. The maximum atomic E-state index is 12.0. The lowest BCUT2D eigenvalue weighted by Gasteiger charge is -2.02. The molecular weight excluding hydrogens is 336 g/mol. The molecule has 1 N–H and O–H groups in total. The lowest BCUT2D eigenvalue weighted by atomic mass is 10.2. The number of rotatable bonds is 7. The minimum absolute atomic E-state index is 0.154. The highest BCUT2D eigenvalue weighted by molar-refractivity contribution is 7.09. The first-order chi connectivity index (χ1) is 12.2. The van der Waals surface area contributed by atoms with Gasteiger partial charge in [-0.05, 0) is 37.3 Å². The summed E-state index contributed by atoms with van der Waals surface area (Å²) in [6, 6.07) is 9.55. The summed E-state index contributed by atoms with van der Waals surface area (Å²) in [6.07, 6.45) is 2.50. The average molecular weight is 356 g/mol. The van der Waals surface area contributed by atoms with Crippen LogP contribution in [0.15, 0.2) is 41.9 Å². The van der Waals surface area contributed by atoms with E-state index >= 15 is 0 Å². The van der Waals surface area contributed by atoms with Gasteiger partial charge >= 0.3 is 0 Å². The molecule has 2 heterocycles. The number of aromatic nitrogens is 3. The van der Waals surface area contributed by atoms with Crippen molar-refractivity contribution in [2.45, 2.75) is 19.9 Å². The molecule has 2 aromatic heterocycles. The third kappa shape index (κ3) is 4.24. The molecule has 0 saturated carbocycles. The monoisotopic (exact) mass is 356 g/mol. The summed E-state index contributed by atoms with van der Waals surface area (Å²) < 4.78 is 6.90. The Morgan fingerprint density at radius 1 is 1.28 bits per heavy atom. The Bertz CT molecular complexity index is 839. The van der Waals surface area contributed by atoms with Crippen LogP contribution in [-0.4, -0.2) is 34.3 Å². The molecule has 0 spiro atoms. The molecule has 3 aromatic rings. The maximum absolute atomic E-state index is 12.0. The van der Waals surface area contributed by atoms with Crippen molar-refractivity contribution in [3.8, 4) is 17.0 Å². The number of amides is 1. The van der Waals surface area contributed by atoms with Crippen LogP contribution < -0.4 is 10.1 Å². The van der Waals surface area contributed by atoms with E-state index in [1.165, 1.54) is 0 Å². The Morgan fingerprint density at radius 2 is 2.08 bits per heavy atom. The summed E-state index contributed by atoms with van der Waals surface area (Å²) in [5.41, 5.74) is 2.44. The zero-order valence-electron chi connectivity index (χ0n) is 14.2. The number of benzene rings is 1. The van der Waals surface area contributed by atoms with E-state index < -0.39 is 0 Å². The van der Waals surface area contributed by atoms with E-state index in [9.17, 15) is 4.79 Å². The van der Waals surface area contributed by atoms with Crippen molar-refractivity contribution in [2.24, 2.45) is 0 Å². The Labute approximate surface area is 150 Å². The fraction of sp³-hybridized carbons (Fsp3) is 0.278. The molecule has 130 valence electrons.